The van der Waals surface area contributed by atoms with Crippen LogP contribution in [-0.4, -0.2) is 61.4 Å². The molecule has 1 aromatic heterocycles. The van der Waals surface area contributed by atoms with Crippen LogP contribution in [0.1, 0.15) is 47.8 Å². The Labute approximate surface area is 153 Å². The van der Waals surface area contributed by atoms with Crippen molar-refractivity contribution in [2.45, 2.75) is 39.2 Å². The fourth-order valence-electron chi connectivity index (χ4n) is 4.19. The number of carbonyl (C=O) groups is 2. The highest BCUT2D eigenvalue weighted by Gasteiger charge is 2.41. The van der Waals surface area contributed by atoms with Crippen LogP contribution >= 0.6 is 11.3 Å². The Bertz CT molecular complexity index is 630. The Morgan fingerprint density at radius 3 is 2.92 bits per heavy atom. The summed E-state index contributed by atoms with van der Waals surface area (Å²) in [6.07, 6.45) is 4.03. The molecule has 0 bridgehead atoms. The second-order valence-electron chi connectivity index (χ2n) is 7.50. The van der Waals surface area contributed by atoms with Crippen LogP contribution in [0.25, 0.3) is 0 Å². The third kappa shape index (κ3) is 4.49. The first-order chi connectivity index (χ1) is 12.0. The van der Waals surface area contributed by atoms with Gasteiger partial charge in [-0.1, -0.05) is 0 Å². The van der Waals surface area contributed by atoms with Crippen LogP contribution in [0.5, 0.6) is 0 Å². The number of hydrogen-bond acceptors (Lipinski definition) is 5. The van der Waals surface area contributed by atoms with Crippen LogP contribution in [-0.2, 0) is 16.1 Å². The number of piperidine rings is 2. The highest BCUT2D eigenvalue weighted by molar-refractivity contribution is 7.12. The average molecular weight is 365 g/mol. The Kier molecular flexibility index (Phi) is 5.92. The Morgan fingerprint density at radius 2 is 2.20 bits per heavy atom. The van der Waals surface area contributed by atoms with E-state index in [-0.39, 0.29) is 17.1 Å². The summed E-state index contributed by atoms with van der Waals surface area (Å²) in [4.78, 5) is 29.0. The fraction of sp³-hybridized carbons (Fsp3) is 0.684. The summed E-state index contributed by atoms with van der Waals surface area (Å²) in [6.45, 7) is 6.82. The lowest BCUT2D eigenvalue weighted by Crippen LogP contribution is -2.54. The van der Waals surface area contributed by atoms with Crippen LogP contribution in [0, 0.1) is 5.41 Å². The number of carbonyl (C=O) groups excluding carboxylic acids is 2. The SMILES string of the molecule is COCCN1C[C@@]2(CCCN(Cc3csc(C(C)=O)c3)C2)CCC1=O. The highest BCUT2D eigenvalue weighted by Crippen LogP contribution is 2.39. The molecule has 2 fully saturated rings. The zero-order valence-corrected chi connectivity index (χ0v) is 16.1. The maximum Gasteiger partial charge on any atom is 0.222 e. The minimum atomic E-state index is 0.144. The van der Waals surface area contributed by atoms with E-state index in [1.807, 2.05) is 11.0 Å². The fourth-order valence-corrected chi connectivity index (χ4v) is 4.99. The molecule has 1 aromatic rings. The number of likely N-dealkylation sites (tertiary alicyclic amines) is 2. The quantitative estimate of drug-likeness (QED) is 0.729. The molecule has 6 heteroatoms. The minimum absolute atomic E-state index is 0.144. The molecule has 2 aliphatic rings. The van der Waals surface area contributed by atoms with Gasteiger partial charge in [-0.15, -0.1) is 11.3 Å². The van der Waals surface area contributed by atoms with Crippen molar-refractivity contribution in [2.24, 2.45) is 5.41 Å². The van der Waals surface area contributed by atoms with E-state index in [0.29, 0.717) is 19.6 Å². The predicted molar refractivity (Wildman–Crippen MR) is 99.0 cm³/mol. The summed E-state index contributed by atoms with van der Waals surface area (Å²) < 4.78 is 5.16. The van der Waals surface area contributed by atoms with Crippen LogP contribution in [0.2, 0.25) is 0 Å². The molecule has 2 aliphatic heterocycles. The lowest BCUT2D eigenvalue weighted by atomic mass is 9.73. The molecular weight excluding hydrogens is 336 g/mol. The zero-order valence-electron chi connectivity index (χ0n) is 15.3. The Morgan fingerprint density at radius 1 is 1.36 bits per heavy atom. The Hall–Kier alpha value is -1.24. The average Bonchev–Trinajstić information content (AvgIpc) is 3.05. The summed E-state index contributed by atoms with van der Waals surface area (Å²) in [7, 11) is 1.68. The third-order valence-electron chi connectivity index (χ3n) is 5.46. The number of ketones is 1. The van der Waals surface area contributed by atoms with E-state index in [1.165, 1.54) is 18.4 Å². The topological polar surface area (TPSA) is 49.9 Å². The molecule has 1 amide bonds. The first-order valence-corrected chi connectivity index (χ1v) is 9.97. The van der Waals surface area contributed by atoms with E-state index in [0.717, 1.165) is 37.5 Å². The molecule has 0 radical (unpaired) electrons. The second kappa shape index (κ2) is 7.98. The molecule has 3 heterocycles. The van der Waals surface area contributed by atoms with Gasteiger partial charge in [0.1, 0.15) is 0 Å². The molecule has 1 atom stereocenters. The van der Waals surface area contributed by atoms with Gasteiger partial charge in [0.25, 0.3) is 0 Å². The normalized spacial score (nSPS) is 24.9. The van der Waals surface area contributed by atoms with Gasteiger partial charge in [-0.25, -0.2) is 0 Å². The maximum atomic E-state index is 12.2. The number of thiophene rings is 1. The molecule has 0 saturated carbocycles. The first kappa shape index (κ1) is 18.5. The molecule has 0 aliphatic carbocycles. The standard InChI is InChI=1S/C19H28N2O3S/c1-15(22)17-10-16(12-25-17)11-20-7-3-5-19(13-20)6-4-18(23)21(14-19)8-9-24-2/h10,12H,3-9,11,13-14H2,1-2H3/t19-/m0/s1. The van der Waals surface area contributed by atoms with Crippen molar-refractivity contribution in [3.05, 3.63) is 21.9 Å². The number of hydrogen-bond donors (Lipinski definition) is 0. The van der Waals surface area contributed by atoms with Crippen molar-refractivity contribution in [3.63, 3.8) is 0 Å². The maximum absolute atomic E-state index is 12.2. The number of nitrogens with zero attached hydrogens (tertiary/aromatic N) is 2. The number of ether oxygens (including phenoxy) is 1. The smallest absolute Gasteiger partial charge is 0.222 e. The number of Topliss-reactive ketones (excluding diaryl/α,β-unsaturated/α-hetero) is 1. The molecule has 1 spiro atoms. The van der Waals surface area contributed by atoms with Gasteiger partial charge in [0.2, 0.25) is 5.91 Å². The van der Waals surface area contributed by atoms with Crippen LogP contribution in [0.4, 0.5) is 0 Å². The van der Waals surface area contributed by atoms with Gasteiger partial charge in [-0.3, -0.25) is 14.5 Å². The van der Waals surface area contributed by atoms with Crippen LogP contribution in [0.3, 0.4) is 0 Å². The molecule has 0 aromatic carbocycles. The third-order valence-corrected chi connectivity index (χ3v) is 6.54. The Balaban J connectivity index is 1.63. The van der Waals surface area contributed by atoms with Crippen molar-refractivity contribution in [1.82, 2.24) is 9.80 Å². The van der Waals surface area contributed by atoms with E-state index in [2.05, 4.69) is 10.3 Å². The van der Waals surface area contributed by atoms with E-state index in [1.54, 1.807) is 25.4 Å². The molecule has 0 N–H and O–H groups in total. The van der Waals surface area contributed by atoms with Crippen LogP contribution < -0.4 is 0 Å². The predicted octanol–water partition coefficient (Wildman–Crippen LogP) is 2.80. The highest BCUT2D eigenvalue weighted by atomic mass is 32.1. The summed E-state index contributed by atoms with van der Waals surface area (Å²) in [5.74, 6) is 0.412. The second-order valence-corrected chi connectivity index (χ2v) is 8.41. The zero-order chi connectivity index (χ0) is 17.9. The summed E-state index contributed by atoms with van der Waals surface area (Å²) in [5, 5.41) is 2.10. The lowest BCUT2D eigenvalue weighted by Gasteiger charge is -2.48. The summed E-state index contributed by atoms with van der Waals surface area (Å²) in [5.41, 5.74) is 1.45. The molecule has 2 saturated heterocycles. The van der Waals surface area contributed by atoms with Crippen molar-refractivity contribution < 1.29 is 14.3 Å². The number of rotatable bonds is 6. The molecular formula is C19H28N2O3S. The number of amides is 1. The monoisotopic (exact) mass is 364 g/mol. The van der Waals surface area contributed by atoms with Gasteiger partial charge in [0.05, 0.1) is 11.5 Å². The van der Waals surface area contributed by atoms with Gasteiger partial charge in [0.15, 0.2) is 5.78 Å². The molecule has 138 valence electrons. The van der Waals surface area contributed by atoms with E-state index < -0.39 is 0 Å². The van der Waals surface area contributed by atoms with Gasteiger partial charge in [0, 0.05) is 45.1 Å². The van der Waals surface area contributed by atoms with Gasteiger partial charge in [-0.2, -0.15) is 0 Å². The van der Waals surface area contributed by atoms with E-state index >= 15 is 0 Å². The van der Waals surface area contributed by atoms with Gasteiger partial charge < -0.3 is 9.64 Å². The molecule has 25 heavy (non-hydrogen) atoms. The first-order valence-electron chi connectivity index (χ1n) is 9.09. The van der Waals surface area contributed by atoms with Crippen LogP contribution in [0.15, 0.2) is 11.4 Å². The van der Waals surface area contributed by atoms with Crippen molar-refractivity contribution in [2.75, 3.05) is 39.9 Å². The molecule has 0 unspecified atom stereocenters. The summed E-state index contributed by atoms with van der Waals surface area (Å²) >= 11 is 1.54. The van der Waals surface area contributed by atoms with Crippen molar-refractivity contribution >= 4 is 23.0 Å². The van der Waals surface area contributed by atoms with Gasteiger partial charge in [-0.05, 0) is 49.7 Å². The minimum Gasteiger partial charge on any atom is -0.383 e. The van der Waals surface area contributed by atoms with Gasteiger partial charge >= 0.3 is 0 Å². The van der Waals surface area contributed by atoms with Crippen molar-refractivity contribution in [1.29, 1.82) is 0 Å². The summed E-state index contributed by atoms with van der Waals surface area (Å²) in [6, 6.07) is 2.03. The van der Waals surface area contributed by atoms with Crippen molar-refractivity contribution in [3.8, 4) is 0 Å². The lowest BCUT2D eigenvalue weighted by molar-refractivity contribution is -0.140. The molecule has 3 rings (SSSR count). The van der Waals surface area contributed by atoms with E-state index in [4.69, 9.17) is 4.74 Å². The number of methoxy groups -OCH3 is 1. The largest absolute Gasteiger partial charge is 0.383 e. The van der Waals surface area contributed by atoms with E-state index in [9.17, 15) is 9.59 Å². The molecule has 5 nitrogen and oxygen atoms in total.